The van der Waals surface area contributed by atoms with Gasteiger partial charge in [-0.3, -0.25) is 9.36 Å². The predicted molar refractivity (Wildman–Crippen MR) is 146 cm³/mol. The molecule has 0 aliphatic carbocycles. The second-order valence-electron chi connectivity index (χ2n) is 10.4. The summed E-state index contributed by atoms with van der Waals surface area (Å²) in [5.74, 6) is 1.03. The summed E-state index contributed by atoms with van der Waals surface area (Å²) in [6, 6.07) is 8.05. The topological polar surface area (TPSA) is 91.6 Å². The van der Waals surface area contributed by atoms with Gasteiger partial charge in [-0.05, 0) is 58.0 Å². The van der Waals surface area contributed by atoms with Crippen molar-refractivity contribution in [3.63, 3.8) is 0 Å². The highest BCUT2D eigenvalue weighted by molar-refractivity contribution is 5.84. The average molecular weight is 543 g/mol. The van der Waals surface area contributed by atoms with Crippen LogP contribution in [0.5, 0.6) is 0 Å². The Labute approximate surface area is 227 Å². The number of para-hydroxylation sites is 2. The average Bonchev–Trinajstić information content (AvgIpc) is 3.34. The first-order valence-corrected chi connectivity index (χ1v) is 13.5. The number of imidazole rings is 1. The highest BCUT2D eigenvalue weighted by atomic mass is 19.3. The van der Waals surface area contributed by atoms with Gasteiger partial charge in [0.2, 0.25) is 11.9 Å². The van der Waals surface area contributed by atoms with Gasteiger partial charge in [0.05, 0.1) is 24.2 Å². The van der Waals surface area contributed by atoms with Gasteiger partial charge < -0.3 is 24.8 Å². The number of benzene rings is 1. The lowest BCUT2D eigenvalue weighted by Gasteiger charge is -2.32. The van der Waals surface area contributed by atoms with Crippen LogP contribution in [0.3, 0.4) is 0 Å². The fourth-order valence-corrected chi connectivity index (χ4v) is 5.30. The van der Waals surface area contributed by atoms with Crippen molar-refractivity contribution in [2.75, 3.05) is 70.2 Å². The van der Waals surface area contributed by atoms with Crippen molar-refractivity contribution in [3.8, 4) is 5.82 Å². The molecule has 2 fully saturated rings. The van der Waals surface area contributed by atoms with Gasteiger partial charge >= 0.3 is 0 Å². The summed E-state index contributed by atoms with van der Waals surface area (Å²) in [4.78, 5) is 32.8. The smallest absolute Gasteiger partial charge is 0.296 e. The van der Waals surface area contributed by atoms with E-state index in [2.05, 4.69) is 32.2 Å². The normalized spacial score (nSPS) is 18.1. The molecule has 0 radical (unpaired) electrons. The number of aromatic nitrogens is 4. The molecule has 3 aromatic rings. The molecule has 10 nitrogen and oxygen atoms in total. The molecule has 0 unspecified atom stereocenters. The van der Waals surface area contributed by atoms with E-state index in [9.17, 15) is 13.6 Å². The minimum absolute atomic E-state index is 0.0720. The summed E-state index contributed by atoms with van der Waals surface area (Å²) in [6.45, 7) is 6.83. The molecule has 0 bridgehead atoms. The molecule has 2 aliphatic heterocycles. The molecule has 2 saturated heterocycles. The number of likely N-dealkylation sites (tertiary alicyclic amines) is 1. The van der Waals surface area contributed by atoms with E-state index >= 15 is 0 Å². The van der Waals surface area contributed by atoms with Crippen molar-refractivity contribution in [2.45, 2.75) is 32.2 Å². The van der Waals surface area contributed by atoms with Gasteiger partial charge in [-0.1, -0.05) is 12.1 Å². The van der Waals surface area contributed by atoms with E-state index in [0.29, 0.717) is 55.6 Å². The van der Waals surface area contributed by atoms with Crippen molar-refractivity contribution >= 4 is 28.7 Å². The van der Waals surface area contributed by atoms with Crippen molar-refractivity contribution in [3.05, 3.63) is 36.2 Å². The van der Waals surface area contributed by atoms with E-state index in [4.69, 9.17) is 4.74 Å². The van der Waals surface area contributed by atoms with E-state index in [0.717, 1.165) is 25.9 Å². The Morgan fingerprint density at radius 2 is 1.79 bits per heavy atom. The number of piperidine rings is 1. The number of hydrogen-bond acceptors (Lipinski definition) is 8. The molecule has 0 saturated carbocycles. The van der Waals surface area contributed by atoms with Gasteiger partial charge in [-0.15, -0.1) is 0 Å². The van der Waals surface area contributed by atoms with E-state index < -0.39 is 18.3 Å². The lowest BCUT2D eigenvalue weighted by Crippen LogP contribution is -2.43. The number of nitrogens with one attached hydrogen (secondary N) is 1. The number of carbonyl (C=O) groups excluding carboxylic acids is 1. The van der Waals surface area contributed by atoms with Crippen LogP contribution in [0.4, 0.5) is 20.5 Å². The lowest BCUT2D eigenvalue weighted by atomic mass is 9.96. The first-order chi connectivity index (χ1) is 18.8. The van der Waals surface area contributed by atoms with Crippen LogP contribution in [0.15, 0.2) is 30.3 Å². The minimum atomic E-state index is -2.80. The van der Waals surface area contributed by atoms with Gasteiger partial charge in [0.1, 0.15) is 17.7 Å². The van der Waals surface area contributed by atoms with Crippen molar-refractivity contribution in [2.24, 2.45) is 5.92 Å². The van der Waals surface area contributed by atoms with Crippen LogP contribution in [0.1, 0.15) is 32.0 Å². The van der Waals surface area contributed by atoms with E-state index in [1.165, 1.54) is 4.57 Å². The molecule has 5 rings (SSSR count). The zero-order valence-corrected chi connectivity index (χ0v) is 22.7. The molecule has 12 heteroatoms. The molecule has 2 aliphatic rings. The predicted octanol–water partition coefficient (Wildman–Crippen LogP) is 3.19. The zero-order chi connectivity index (χ0) is 27.5. The maximum Gasteiger partial charge on any atom is 0.296 e. The van der Waals surface area contributed by atoms with Crippen LogP contribution in [-0.2, 0) is 9.53 Å². The largest absolute Gasteiger partial charge is 0.378 e. The van der Waals surface area contributed by atoms with Crippen LogP contribution in [0.2, 0.25) is 0 Å². The molecular formula is C27H36F2N8O2. The number of carbonyl (C=O) groups is 1. The van der Waals surface area contributed by atoms with Crippen LogP contribution in [0.25, 0.3) is 16.9 Å². The first kappa shape index (κ1) is 27.2. The molecule has 1 amide bonds. The van der Waals surface area contributed by atoms with Crippen molar-refractivity contribution in [1.82, 2.24) is 29.3 Å². The fraction of sp³-hybridized carbons (Fsp3) is 0.556. The Bertz CT molecular complexity index is 1290. The van der Waals surface area contributed by atoms with E-state index in [1.807, 2.05) is 11.9 Å². The number of ether oxygens (including phenoxy) is 1. The summed E-state index contributed by atoms with van der Waals surface area (Å²) in [5, 5.41) is 3.14. The molecule has 39 heavy (non-hydrogen) atoms. The number of halogens is 2. The molecule has 1 aromatic carbocycles. The molecular weight excluding hydrogens is 506 g/mol. The first-order valence-electron chi connectivity index (χ1n) is 13.5. The van der Waals surface area contributed by atoms with Gasteiger partial charge in [-0.2, -0.15) is 9.97 Å². The second-order valence-corrected chi connectivity index (χ2v) is 10.4. The van der Waals surface area contributed by atoms with E-state index in [1.54, 1.807) is 42.2 Å². The molecule has 2 aromatic heterocycles. The number of morpholine rings is 1. The van der Waals surface area contributed by atoms with Crippen LogP contribution in [0, 0.1) is 5.92 Å². The van der Waals surface area contributed by atoms with Gasteiger partial charge in [0.25, 0.3) is 6.43 Å². The molecule has 210 valence electrons. The maximum absolute atomic E-state index is 14.1. The van der Waals surface area contributed by atoms with Crippen LogP contribution < -0.4 is 10.2 Å². The number of likely N-dealkylation sites (N-methyl/N-ethyl adjacent to an activating group) is 1. The third kappa shape index (κ3) is 6.11. The summed E-state index contributed by atoms with van der Waals surface area (Å²) < 4.78 is 35.1. The lowest BCUT2D eigenvalue weighted by molar-refractivity contribution is -0.131. The highest BCUT2D eigenvalue weighted by Gasteiger charge is 2.26. The van der Waals surface area contributed by atoms with Crippen molar-refractivity contribution in [1.29, 1.82) is 0 Å². The van der Waals surface area contributed by atoms with Gasteiger partial charge in [0.15, 0.2) is 5.82 Å². The third-order valence-electron chi connectivity index (χ3n) is 7.51. The Balaban J connectivity index is 1.44. The Kier molecular flexibility index (Phi) is 8.22. The number of anilines is 2. The molecule has 1 N–H and O–H groups in total. The third-order valence-corrected chi connectivity index (χ3v) is 7.51. The van der Waals surface area contributed by atoms with Crippen LogP contribution in [-0.4, -0.2) is 101 Å². The SMILES string of the molecule is C[C@H](Nc1nc(N2CCOCC2)cc(-n2c(C(F)F)nc3ccccc32)n1)C(=O)N(C)CC1CCN(C)CC1. The second kappa shape index (κ2) is 11.8. The number of nitrogens with zero attached hydrogens (tertiary/aromatic N) is 7. The Morgan fingerprint density at radius 1 is 1.10 bits per heavy atom. The van der Waals surface area contributed by atoms with Gasteiger partial charge in [0, 0.05) is 32.7 Å². The van der Waals surface area contributed by atoms with Crippen molar-refractivity contribution < 1.29 is 18.3 Å². The number of alkyl halides is 2. The standard InChI is InChI=1S/C27H36F2N8O2/c1-18(26(38)35(3)17-19-8-10-34(2)11-9-19)30-27-32-22(36-12-14-39-15-13-36)16-23(33-27)37-21-7-5-4-6-20(21)31-25(37)24(28)29/h4-7,16,18-19,24H,8-15,17H2,1-3H3,(H,30,32,33)/t18-/m0/s1. The Hall–Kier alpha value is -3.38. The molecule has 4 heterocycles. The maximum atomic E-state index is 14.1. The fourth-order valence-electron chi connectivity index (χ4n) is 5.30. The number of rotatable bonds is 8. The summed E-state index contributed by atoms with van der Waals surface area (Å²) in [5.41, 5.74) is 0.972. The minimum Gasteiger partial charge on any atom is -0.378 e. The number of fused-ring (bicyclic) bond motifs is 1. The molecule has 1 atom stereocenters. The van der Waals surface area contributed by atoms with Gasteiger partial charge in [-0.25, -0.2) is 13.8 Å². The highest BCUT2D eigenvalue weighted by Crippen LogP contribution is 2.29. The summed E-state index contributed by atoms with van der Waals surface area (Å²) in [6.07, 6.45) is -0.672. The zero-order valence-electron chi connectivity index (χ0n) is 22.7. The number of amides is 1. The quantitative estimate of drug-likeness (QED) is 0.464. The summed E-state index contributed by atoms with van der Waals surface area (Å²) >= 11 is 0. The number of hydrogen-bond donors (Lipinski definition) is 1. The monoisotopic (exact) mass is 542 g/mol. The van der Waals surface area contributed by atoms with E-state index in [-0.39, 0.29) is 17.7 Å². The molecule has 0 spiro atoms. The Morgan fingerprint density at radius 3 is 2.51 bits per heavy atom. The van der Waals surface area contributed by atoms with Crippen LogP contribution >= 0.6 is 0 Å². The summed E-state index contributed by atoms with van der Waals surface area (Å²) in [7, 11) is 3.94.